The molecule has 7 nitrogen and oxygen atoms in total. The maximum atomic E-state index is 5.78. The number of oxazole rings is 2. The van der Waals surface area contributed by atoms with Crippen LogP contribution in [0.5, 0.6) is 0 Å². The van der Waals surface area contributed by atoms with Crippen molar-refractivity contribution in [2.75, 3.05) is 10.6 Å². The lowest BCUT2D eigenvalue weighted by atomic mass is 10.2. The van der Waals surface area contributed by atoms with E-state index < -0.39 is 0 Å². The fraction of sp³-hybridized carbons (Fsp3) is 0.0455. The van der Waals surface area contributed by atoms with Crippen molar-refractivity contribution in [3.05, 3.63) is 85.1 Å². The first-order valence-corrected chi connectivity index (χ1v) is 9.15. The predicted molar refractivity (Wildman–Crippen MR) is 111 cm³/mol. The molecule has 3 heterocycles. The molecule has 2 N–H and O–H groups in total. The van der Waals surface area contributed by atoms with Gasteiger partial charge in [0.2, 0.25) is 5.89 Å². The Bertz CT molecular complexity index is 1210. The van der Waals surface area contributed by atoms with Crippen LogP contribution in [0.1, 0.15) is 5.89 Å². The predicted octanol–water partition coefficient (Wildman–Crippen LogP) is 5.23. The zero-order chi connectivity index (χ0) is 19.5. The van der Waals surface area contributed by atoms with Crippen LogP contribution < -0.4 is 10.6 Å². The van der Waals surface area contributed by atoms with Gasteiger partial charge >= 0.3 is 0 Å². The fourth-order valence-corrected chi connectivity index (χ4v) is 2.99. The molecule has 5 rings (SSSR count). The number of hydrogen-bond donors (Lipinski definition) is 2. The second-order valence-corrected chi connectivity index (χ2v) is 6.40. The minimum absolute atomic E-state index is 0.424. The smallest absolute Gasteiger partial charge is 0.299 e. The highest BCUT2D eigenvalue weighted by molar-refractivity contribution is 5.72. The molecule has 0 spiro atoms. The molecule has 0 aliphatic heterocycles. The highest BCUT2D eigenvalue weighted by Crippen LogP contribution is 2.25. The average molecular weight is 383 g/mol. The number of hydrogen-bond acceptors (Lipinski definition) is 7. The van der Waals surface area contributed by atoms with Gasteiger partial charge < -0.3 is 19.5 Å². The van der Waals surface area contributed by atoms with Crippen LogP contribution in [0.3, 0.4) is 0 Å². The lowest BCUT2D eigenvalue weighted by Crippen LogP contribution is -2.00. The van der Waals surface area contributed by atoms with Gasteiger partial charge in [-0.15, -0.1) is 0 Å². The molecule has 0 aliphatic carbocycles. The van der Waals surface area contributed by atoms with Gasteiger partial charge in [-0.3, -0.25) is 4.98 Å². The summed E-state index contributed by atoms with van der Waals surface area (Å²) in [5, 5.41) is 6.51. The summed E-state index contributed by atoms with van der Waals surface area (Å²) < 4.78 is 11.5. The number of anilines is 3. The molecule has 0 unspecified atom stereocenters. The number of aromatic nitrogens is 3. The summed E-state index contributed by atoms with van der Waals surface area (Å²) in [5.41, 5.74) is 4.35. The second kappa shape index (κ2) is 7.47. The van der Waals surface area contributed by atoms with Gasteiger partial charge in [0.15, 0.2) is 11.3 Å². The molecule has 5 aromatic rings. The lowest BCUT2D eigenvalue weighted by molar-refractivity contribution is 0.540. The summed E-state index contributed by atoms with van der Waals surface area (Å²) >= 11 is 0. The summed E-state index contributed by atoms with van der Waals surface area (Å²) in [4.78, 5) is 12.8. The number of para-hydroxylation sites is 2. The molecular weight excluding hydrogens is 366 g/mol. The summed E-state index contributed by atoms with van der Waals surface area (Å²) in [7, 11) is 0. The van der Waals surface area contributed by atoms with Crippen molar-refractivity contribution in [2.45, 2.75) is 6.54 Å². The van der Waals surface area contributed by atoms with Crippen LogP contribution >= 0.6 is 0 Å². The molecule has 0 bridgehead atoms. The molecule has 0 saturated heterocycles. The number of nitrogens with zero attached hydrogens (tertiary/aromatic N) is 3. The molecule has 29 heavy (non-hydrogen) atoms. The van der Waals surface area contributed by atoms with E-state index in [-0.39, 0.29) is 0 Å². The minimum Gasteiger partial charge on any atom is -0.439 e. The molecule has 0 saturated carbocycles. The van der Waals surface area contributed by atoms with Crippen molar-refractivity contribution in [1.82, 2.24) is 15.0 Å². The first kappa shape index (κ1) is 17.0. The molecule has 0 amide bonds. The Morgan fingerprint density at radius 2 is 1.72 bits per heavy atom. The highest BCUT2D eigenvalue weighted by atomic mass is 16.4. The first-order chi connectivity index (χ1) is 14.3. The van der Waals surface area contributed by atoms with E-state index in [0.29, 0.717) is 24.2 Å². The van der Waals surface area contributed by atoms with Crippen molar-refractivity contribution in [3.63, 3.8) is 0 Å². The normalized spacial score (nSPS) is 10.9. The Morgan fingerprint density at radius 3 is 2.62 bits per heavy atom. The van der Waals surface area contributed by atoms with Crippen LogP contribution in [0.2, 0.25) is 0 Å². The Balaban J connectivity index is 1.27. The molecule has 0 fully saturated rings. The van der Waals surface area contributed by atoms with Crippen LogP contribution in [0.4, 0.5) is 17.4 Å². The van der Waals surface area contributed by atoms with Gasteiger partial charge in [-0.1, -0.05) is 18.2 Å². The first-order valence-electron chi connectivity index (χ1n) is 9.15. The zero-order valence-electron chi connectivity index (χ0n) is 15.4. The minimum atomic E-state index is 0.424. The van der Waals surface area contributed by atoms with E-state index in [9.17, 15) is 0 Å². The molecule has 0 radical (unpaired) electrons. The van der Waals surface area contributed by atoms with E-state index in [1.807, 2.05) is 60.7 Å². The molecule has 3 aromatic heterocycles. The van der Waals surface area contributed by atoms with Gasteiger partial charge in [0.25, 0.3) is 6.01 Å². The van der Waals surface area contributed by atoms with E-state index >= 15 is 0 Å². The van der Waals surface area contributed by atoms with E-state index in [1.54, 1.807) is 18.6 Å². The molecular formula is C22H17N5O2. The van der Waals surface area contributed by atoms with Crippen molar-refractivity contribution >= 4 is 28.5 Å². The quantitative estimate of drug-likeness (QED) is 0.415. The maximum Gasteiger partial charge on any atom is 0.299 e. The van der Waals surface area contributed by atoms with Gasteiger partial charge in [-0.2, -0.15) is 0 Å². The van der Waals surface area contributed by atoms with Gasteiger partial charge in [0, 0.05) is 29.3 Å². The average Bonchev–Trinajstić information content (AvgIpc) is 3.40. The Morgan fingerprint density at radius 1 is 0.862 bits per heavy atom. The lowest BCUT2D eigenvalue weighted by Gasteiger charge is -2.07. The third-order valence-corrected chi connectivity index (χ3v) is 4.37. The van der Waals surface area contributed by atoms with E-state index in [4.69, 9.17) is 8.83 Å². The van der Waals surface area contributed by atoms with Crippen molar-refractivity contribution < 1.29 is 8.83 Å². The molecule has 2 aromatic carbocycles. The number of rotatable bonds is 6. The van der Waals surface area contributed by atoms with E-state index in [1.165, 1.54) is 0 Å². The van der Waals surface area contributed by atoms with Gasteiger partial charge in [0.05, 0.1) is 12.7 Å². The van der Waals surface area contributed by atoms with Crippen LogP contribution in [-0.2, 0) is 6.54 Å². The monoisotopic (exact) mass is 383 g/mol. The molecule has 0 aliphatic rings. The van der Waals surface area contributed by atoms with Crippen LogP contribution in [0, 0.1) is 0 Å². The summed E-state index contributed by atoms with van der Waals surface area (Å²) in [6.45, 7) is 0.489. The van der Waals surface area contributed by atoms with E-state index in [0.717, 1.165) is 28.0 Å². The molecule has 142 valence electrons. The van der Waals surface area contributed by atoms with Crippen molar-refractivity contribution in [2.24, 2.45) is 0 Å². The third kappa shape index (κ3) is 3.79. The number of fused-ring (bicyclic) bond motifs is 1. The fourth-order valence-electron chi connectivity index (χ4n) is 2.99. The largest absolute Gasteiger partial charge is 0.439 e. The zero-order valence-corrected chi connectivity index (χ0v) is 15.4. The second-order valence-electron chi connectivity index (χ2n) is 6.40. The van der Waals surface area contributed by atoms with Gasteiger partial charge in [-0.25, -0.2) is 9.97 Å². The van der Waals surface area contributed by atoms with Crippen molar-refractivity contribution in [3.8, 4) is 11.3 Å². The Hall–Kier alpha value is -4.13. The van der Waals surface area contributed by atoms with Crippen LogP contribution in [0.25, 0.3) is 22.4 Å². The third-order valence-electron chi connectivity index (χ3n) is 4.37. The Labute approximate surface area is 166 Å². The van der Waals surface area contributed by atoms with Crippen molar-refractivity contribution in [1.29, 1.82) is 0 Å². The standard InChI is InChI=1S/C22H17N5O2/c1-2-7-19-18(6-1)27-21(28-19)14-24-16-4-3-5-17(12-16)26-22-25-13-20(29-22)15-8-10-23-11-9-15/h1-13,24H,14H2,(H,25,26). The molecule has 0 atom stereocenters. The summed E-state index contributed by atoms with van der Waals surface area (Å²) in [6.07, 6.45) is 5.13. The summed E-state index contributed by atoms with van der Waals surface area (Å²) in [5.74, 6) is 1.32. The van der Waals surface area contributed by atoms with Crippen LogP contribution in [-0.4, -0.2) is 15.0 Å². The van der Waals surface area contributed by atoms with Gasteiger partial charge in [-0.05, 0) is 42.5 Å². The molecule has 7 heteroatoms. The number of nitrogens with one attached hydrogen (secondary N) is 2. The highest BCUT2D eigenvalue weighted by Gasteiger charge is 2.08. The van der Waals surface area contributed by atoms with Gasteiger partial charge in [0.1, 0.15) is 5.52 Å². The van der Waals surface area contributed by atoms with E-state index in [2.05, 4.69) is 25.6 Å². The topological polar surface area (TPSA) is 89.0 Å². The summed E-state index contributed by atoms with van der Waals surface area (Å²) in [6, 6.07) is 19.7. The SMILES string of the molecule is c1cc(NCc2nc3ccccc3o2)cc(Nc2ncc(-c3ccncc3)o2)c1. The Kier molecular flexibility index (Phi) is 4.38. The number of benzene rings is 2. The number of pyridine rings is 1. The maximum absolute atomic E-state index is 5.78. The van der Waals surface area contributed by atoms with Crippen LogP contribution in [0.15, 0.2) is 88.1 Å².